The second-order valence-corrected chi connectivity index (χ2v) is 3.53. The lowest BCUT2D eigenvalue weighted by Gasteiger charge is -2.10. The van der Waals surface area contributed by atoms with E-state index < -0.39 is 0 Å². The van der Waals surface area contributed by atoms with Gasteiger partial charge >= 0.3 is 0 Å². The zero-order valence-corrected chi connectivity index (χ0v) is 8.87. The fourth-order valence-corrected chi connectivity index (χ4v) is 1.17. The maximum atomic E-state index is 5.63. The molecule has 0 aromatic carbocycles. The van der Waals surface area contributed by atoms with E-state index in [1.54, 1.807) is 0 Å². The van der Waals surface area contributed by atoms with Crippen LogP contribution in [-0.2, 0) is 0 Å². The van der Waals surface area contributed by atoms with Crippen LogP contribution >= 0.6 is 11.6 Å². The molecule has 0 saturated carbocycles. The molecular formula is C10H13ClN2. The highest BCUT2D eigenvalue weighted by Crippen LogP contribution is 2.19. The quantitative estimate of drug-likeness (QED) is 0.736. The standard InChI is InChI=1S/C10H13ClN2/c1-6-5-12-10(13-9(4)11)8(3)7(6)2/h5H,4H2,1-3H3,(H,12,13). The number of rotatable bonds is 2. The van der Waals surface area contributed by atoms with E-state index in [1.807, 2.05) is 20.0 Å². The molecule has 3 heteroatoms. The number of aryl methyl sites for hydroxylation is 1. The lowest BCUT2D eigenvalue weighted by Crippen LogP contribution is -2.00. The number of hydrogen-bond donors (Lipinski definition) is 1. The average Bonchev–Trinajstić information content (AvgIpc) is 2.06. The molecule has 0 aliphatic heterocycles. The van der Waals surface area contributed by atoms with Crippen molar-refractivity contribution in [2.75, 3.05) is 5.32 Å². The molecule has 1 heterocycles. The summed E-state index contributed by atoms with van der Waals surface area (Å²) in [6.07, 6.45) is 1.82. The maximum absolute atomic E-state index is 5.63. The highest BCUT2D eigenvalue weighted by atomic mass is 35.5. The Balaban J connectivity index is 3.10. The lowest BCUT2D eigenvalue weighted by molar-refractivity contribution is 1.16. The maximum Gasteiger partial charge on any atom is 0.134 e. The molecule has 0 unspecified atom stereocenters. The molecule has 0 radical (unpaired) electrons. The fraction of sp³-hybridized carbons (Fsp3) is 0.300. The first kappa shape index (κ1) is 10.1. The van der Waals surface area contributed by atoms with Gasteiger partial charge in [0.15, 0.2) is 0 Å². The van der Waals surface area contributed by atoms with Crippen molar-refractivity contribution in [3.63, 3.8) is 0 Å². The van der Waals surface area contributed by atoms with Crippen molar-refractivity contribution in [1.29, 1.82) is 0 Å². The van der Waals surface area contributed by atoms with Gasteiger partial charge in [0.05, 0.1) is 0 Å². The first-order chi connectivity index (χ1) is 6.02. The number of hydrogen-bond acceptors (Lipinski definition) is 2. The predicted octanol–water partition coefficient (Wildman–Crippen LogP) is 3.13. The summed E-state index contributed by atoms with van der Waals surface area (Å²) in [5.74, 6) is 0.781. The Bertz CT molecular complexity index is 345. The Morgan fingerprint density at radius 2 is 2.00 bits per heavy atom. The van der Waals surface area contributed by atoms with Crippen molar-refractivity contribution in [2.45, 2.75) is 20.8 Å². The van der Waals surface area contributed by atoms with Gasteiger partial charge in [0.2, 0.25) is 0 Å². The van der Waals surface area contributed by atoms with Crippen LogP contribution in [0, 0.1) is 20.8 Å². The molecule has 70 valence electrons. The molecule has 0 atom stereocenters. The van der Waals surface area contributed by atoms with E-state index in [9.17, 15) is 0 Å². The highest BCUT2D eigenvalue weighted by Gasteiger charge is 2.04. The number of aromatic nitrogens is 1. The Morgan fingerprint density at radius 1 is 1.38 bits per heavy atom. The predicted molar refractivity (Wildman–Crippen MR) is 57.1 cm³/mol. The number of pyridine rings is 1. The van der Waals surface area contributed by atoms with Gasteiger partial charge in [-0.3, -0.25) is 0 Å². The van der Waals surface area contributed by atoms with Crippen molar-refractivity contribution in [3.8, 4) is 0 Å². The Labute approximate surface area is 83.6 Å². The van der Waals surface area contributed by atoms with Crippen molar-refractivity contribution in [2.24, 2.45) is 0 Å². The minimum absolute atomic E-state index is 0.388. The summed E-state index contributed by atoms with van der Waals surface area (Å²) in [5, 5.41) is 3.29. The van der Waals surface area contributed by atoms with E-state index in [0.29, 0.717) is 5.16 Å². The molecule has 0 amide bonds. The van der Waals surface area contributed by atoms with Crippen LogP contribution in [0.25, 0.3) is 0 Å². The Kier molecular flexibility index (Phi) is 2.94. The molecule has 1 aromatic heterocycles. The minimum atomic E-state index is 0.388. The highest BCUT2D eigenvalue weighted by molar-refractivity contribution is 6.30. The normalized spacial score (nSPS) is 9.85. The largest absolute Gasteiger partial charge is 0.331 e. The molecule has 1 aromatic rings. The average molecular weight is 197 g/mol. The van der Waals surface area contributed by atoms with E-state index in [4.69, 9.17) is 11.6 Å². The minimum Gasteiger partial charge on any atom is -0.331 e. The molecule has 0 aliphatic rings. The van der Waals surface area contributed by atoms with E-state index >= 15 is 0 Å². The molecule has 2 nitrogen and oxygen atoms in total. The van der Waals surface area contributed by atoms with Crippen LogP contribution in [0.2, 0.25) is 0 Å². The van der Waals surface area contributed by atoms with Gasteiger partial charge in [-0.1, -0.05) is 18.2 Å². The molecule has 0 aliphatic carbocycles. The van der Waals surface area contributed by atoms with E-state index in [1.165, 1.54) is 11.1 Å². The van der Waals surface area contributed by atoms with Crippen LogP contribution in [0.5, 0.6) is 0 Å². The third-order valence-electron chi connectivity index (χ3n) is 2.15. The molecule has 1 rings (SSSR count). The second kappa shape index (κ2) is 3.79. The van der Waals surface area contributed by atoms with Crippen LogP contribution in [0.15, 0.2) is 17.9 Å². The van der Waals surface area contributed by atoms with Crippen LogP contribution < -0.4 is 5.32 Å². The monoisotopic (exact) mass is 196 g/mol. The van der Waals surface area contributed by atoms with E-state index in [-0.39, 0.29) is 0 Å². The number of anilines is 1. The molecule has 0 fully saturated rings. The first-order valence-corrected chi connectivity index (χ1v) is 4.44. The smallest absolute Gasteiger partial charge is 0.134 e. The zero-order valence-electron chi connectivity index (χ0n) is 8.11. The topological polar surface area (TPSA) is 24.9 Å². The summed E-state index contributed by atoms with van der Waals surface area (Å²) in [7, 11) is 0. The summed E-state index contributed by atoms with van der Waals surface area (Å²) in [5.41, 5.74) is 3.53. The molecule has 0 saturated heterocycles. The van der Waals surface area contributed by atoms with Crippen molar-refractivity contribution >= 4 is 17.4 Å². The van der Waals surface area contributed by atoms with Crippen molar-refractivity contribution in [1.82, 2.24) is 4.98 Å². The number of nitrogens with one attached hydrogen (secondary N) is 1. The van der Waals surface area contributed by atoms with Crippen LogP contribution in [0.3, 0.4) is 0 Å². The van der Waals surface area contributed by atoms with Gasteiger partial charge in [-0.05, 0) is 37.5 Å². The third-order valence-corrected chi connectivity index (χ3v) is 2.25. The fourth-order valence-electron chi connectivity index (χ4n) is 1.08. The SMILES string of the molecule is C=C(Cl)Nc1ncc(C)c(C)c1C. The zero-order chi connectivity index (χ0) is 10.0. The summed E-state index contributed by atoms with van der Waals surface area (Å²) in [6, 6.07) is 0. The van der Waals surface area contributed by atoms with Crippen LogP contribution in [0.1, 0.15) is 16.7 Å². The van der Waals surface area contributed by atoms with Crippen LogP contribution in [0.4, 0.5) is 5.82 Å². The van der Waals surface area contributed by atoms with Gasteiger partial charge in [-0.2, -0.15) is 0 Å². The van der Waals surface area contributed by atoms with E-state index in [2.05, 4.69) is 23.8 Å². The van der Waals surface area contributed by atoms with Gasteiger partial charge in [0, 0.05) is 6.20 Å². The summed E-state index contributed by atoms with van der Waals surface area (Å²) in [6.45, 7) is 9.67. The van der Waals surface area contributed by atoms with Crippen molar-refractivity contribution < 1.29 is 0 Å². The Morgan fingerprint density at radius 3 is 2.54 bits per heavy atom. The van der Waals surface area contributed by atoms with Crippen molar-refractivity contribution in [3.05, 3.63) is 34.6 Å². The van der Waals surface area contributed by atoms with Gasteiger partial charge in [-0.25, -0.2) is 4.98 Å². The van der Waals surface area contributed by atoms with Gasteiger partial charge in [0.25, 0.3) is 0 Å². The third kappa shape index (κ3) is 2.22. The first-order valence-electron chi connectivity index (χ1n) is 4.06. The summed E-state index contributed by atoms with van der Waals surface area (Å²) >= 11 is 5.63. The second-order valence-electron chi connectivity index (χ2n) is 3.07. The summed E-state index contributed by atoms with van der Waals surface area (Å²) < 4.78 is 0. The Hall–Kier alpha value is -1.02. The molecule has 1 N–H and O–H groups in total. The van der Waals surface area contributed by atoms with Gasteiger partial charge < -0.3 is 5.32 Å². The lowest BCUT2D eigenvalue weighted by atomic mass is 10.1. The molecule has 0 bridgehead atoms. The molecule has 0 spiro atoms. The van der Waals surface area contributed by atoms with E-state index in [0.717, 1.165) is 11.4 Å². The van der Waals surface area contributed by atoms with Gasteiger partial charge in [0.1, 0.15) is 11.0 Å². The molecular weight excluding hydrogens is 184 g/mol. The number of nitrogens with zero attached hydrogens (tertiary/aromatic N) is 1. The number of halogens is 1. The molecule has 13 heavy (non-hydrogen) atoms. The summed E-state index contributed by atoms with van der Waals surface area (Å²) in [4.78, 5) is 4.22. The van der Waals surface area contributed by atoms with Crippen LogP contribution in [-0.4, -0.2) is 4.98 Å². The van der Waals surface area contributed by atoms with Gasteiger partial charge in [-0.15, -0.1) is 0 Å².